The molecule has 0 bridgehead atoms. The Hall–Kier alpha value is -2.88. The van der Waals surface area contributed by atoms with Gasteiger partial charge in [0.2, 0.25) is 15.8 Å². The topological polar surface area (TPSA) is 89.5 Å². The smallest absolute Gasteiger partial charge is 0.416 e. The molecule has 0 unspecified atom stereocenters. The van der Waals surface area contributed by atoms with Gasteiger partial charge in [-0.15, -0.1) is 0 Å². The average Bonchev–Trinajstić information content (AvgIpc) is 2.59. The fourth-order valence-corrected chi connectivity index (χ4v) is 2.82. The Labute approximate surface area is 159 Å². The van der Waals surface area contributed by atoms with Gasteiger partial charge in [-0.25, -0.2) is 13.2 Å². The van der Waals surface area contributed by atoms with E-state index in [1.54, 1.807) is 0 Å². The molecule has 2 rings (SSSR count). The van der Waals surface area contributed by atoms with E-state index >= 15 is 0 Å². The molecule has 0 aliphatic rings. The zero-order chi connectivity index (χ0) is 21.1. The third kappa shape index (κ3) is 5.81. The standard InChI is InChI=1S/C18H16F3NO5S/c1-11(16(23)12-6-8-15(9-7-12)22-28(2,25)26)27-17(24)13-4-3-5-14(10-13)18(19,20)21/h3-11,22H,1-2H3/t11-/m1/s1. The number of alkyl halides is 3. The monoisotopic (exact) mass is 415 g/mol. The summed E-state index contributed by atoms with van der Waals surface area (Å²) in [5, 5.41) is 0. The van der Waals surface area contributed by atoms with Crippen LogP contribution in [0, 0.1) is 0 Å². The van der Waals surface area contributed by atoms with Crippen LogP contribution in [0.1, 0.15) is 33.2 Å². The van der Waals surface area contributed by atoms with Gasteiger partial charge in [-0.3, -0.25) is 9.52 Å². The van der Waals surface area contributed by atoms with E-state index < -0.39 is 39.6 Å². The van der Waals surface area contributed by atoms with Crippen LogP contribution in [0.25, 0.3) is 0 Å². The molecule has 0 aliphatic heterocycles. The minimum absolute atomic E-state index is 0.142. The molecule has 2 aromatic rings. The van der Waals surface area contributed by atoms with Crippen molar-refractivity contribution in [3.05, 3.63) is 65.2 Å². The Bertz CT molecular complexity index is 985. The van der Waals surface area contributed by atoms with Crippen LogP contribution in [-0.4, -0.2) is 32.5 Å². The molecule has 10 heteroatoms. The number of rotatable bonds is 6. The van der Waals surface area contributed by atoms with Crippen LogP contribution in [0.2, 0.25) is 0 Å². The second-order valence-corrected chi connectivity index (χ2v) is 7.69. The Morgan fingerprint density at radius 3 is 2.18 bits per heavy atom. The molecule has 0 saturated carbocycles. The lowest BCUT2D eigenvalue weighted by atomic mass is 10.1. The van der Waals surface area contributed by atoms with E-state index in [9.17, 15) is 31.2 Å². The Morgan fingerprint density at radius 2 is 1.64 bits per heavy atom. The summed E-state index contributed by atoms with van der Waals surface area (Å²) in [6, 6.07) is 9.07. The van der Waals surface area contributed by atoms with Gasteiger partial charge in [-0.2, -0.15) is 13.2 Å². The summed E-state index contributed by atoms with van der Waals surface area (Å²) in [4.78, 5) is 24.4. The van der Waals surface area contributed by atoms with Crippen molar-refractivity contribution >= 4 is 27.5 Å². The number of ether oxygens (including phenoxy) is 1. The highest BCUT2D eigenvalue weighted by molar-refractivity contribution is 7.92. The maximum absolute atomic E-state index is 12.7. The summed E-state index contributed by atoms with van der Waals surface area (Å²) in [5.74, 6) is -1.66. The zero-order valence-electron chi connectivity index (χ0n) is 14.8. The summed E-state index contributed by atoms with van der Waals surface area (Å²) in [7, 11) is -3.47. The third-order valence-electron chi connectivity index (χ3n) is 3.55. The largest absolute Gasteiger partial charge is 0.451 e. The van der Waals surface area contributed by atoms with E-state index in [2.05, 4.69) is 4.72 Å². The molecule has 28 heavy (non-hydrogen) atoms. The van der Waals surface area contributed by atoms with Crippen molar-refractivity contribution in [2.75, 3.05) is 11.0 Å². The van der Waals surface area contributed by atoms with E-state index in [0.29, 0.717) is 6.07 Å². The first-order chi connectivity index (χ1) is 12.9. The van der Waals surface area contributed by atoms with Gasteiger partial charge < -0.3 is 4.74 Å². The van der Waals surface area contributed by atoms with Crippen molar-refractivity contribution < 1.29 is 35.9 Å². The lowest BCUT2D eigenvalue weighted by molar-refractivity contribution is -0.137. The molecule has 150 valence electrons. The highest BCUT2D eigenvalue weighted by Gasteiger charge is 2.31. The van der Waals surface area contributed by atoms with E-state index in [4.69, 9.17) is 4.74 Å². The number of carbonyl (C=O) groups is 2. The summed E-state index contributed by atoms with van der Waals surface area (Å²) in [5.41, 5.74) is -0.951. The molecule has 0 fully saturated rings. The Balaban J connectivity index is 2.09. The number of sulfonamides is 1. The summed E-state index contributed by atoms with van der Waals surface area (Å²) >= 11 is 0. The molecule has 0 heterocycles. The molecule has 1 atom stereocenters. The van der Waals surface area contributed by atoms with Gasteiger partial charge in [0.1, 0.15) is 0 Å². The van der Waals surface area contributed by atoms with Crippen molar-refractivity contribution in [2.45, 2.75) is 19.2 Å². The number of hydrogen-bond acceptors (Lipinski definition) is 5. The van der Waals surface area contributed by atoms with E-state index in [-0.39, 0.29) is 16.8 Å². The summed E-state index contributed by atoms with van der Waals surface area (Å²) in [6.07, 6.45) is -4.89. The van der Waals surface area contributed by atoms with Gasteiger partial charge >= 0.3 is 12.1 Å². The molecule has 1 N–H and O–H groups in total. The molecule has 0 aliphatic carbocycles. The van der Waals surface area contributed by atoms with Gasteiger partial charge in [0.05, 0.1) is 17.4 Å². The first-order valence-corrected chi connectivity index (χ1v) is 9.76. The van der Waals surface area contributed by atoms with Gasteiger partial charge in [0.25, 0.3) is 0 Å². The van der Waals surface area contributed by atoms with Crippen molar-refractivity contribution in [1.29, 1.82) is 0 Å². The zero-order valence-corrected chi connectivity index (χ0v) is 15.6. The molecule has 0 aromatic heterocycles. The number of hydrogen-bond donors (Lipinski definition) is 1. The lowest BCUT2D eigenvalue weighted by Crippen LogP contribution is -2.24. The molecule has 0 saturated heterocycles. The number of esters is 1. The highest BCUT2D eigenvalue weighted by atomic mass is 32.2. The van der Waals surface area contributed by atoms with Crippen LogP contribution >= 0.6 is 0 Å². The van der Waals surface area contributed by atoms with Crippen LogP contribution < -0.4 is 4.72 Å². The Morgan fingerprint density at radius 1 is 1.04 bits per heavy atom. The second-order valence-electron chi connectivity index (χ2n) is 5.94. The minimum atomic E-state index is -4.61. The number of ketones is 1. The van der Waals surface area contributed by atoms with Crippen LogP contribution in [0.5, 0.6) is 0 Å². The van der Waals surface area contributed by atoms with Gasteiger partial charge in [0, 0.05) is 11.3 Å². The predicted molar refractivity (Wildman–Crippen MR) is 95.6 cm³/mol. The van der Waals surface area contributed by atoms with Crippen molar-refractivity contribution in [2.24, 2.45) is 0 Å². The number of anilines is 1. The fourth-order valence-electron chi connectivity index (χ4n) is 2.26. The average molecular weight is 415 g/mol. The maximum atomic E-state index is 12.7. The SMILES string of the molecule is C[C@@H](OC(=O)c1cccc(C(F)(F)F)c1)C(=O)c1ccc(NS(C)(=O)=O)cc1. The first-order valence-electron chi connectivity index (χ1n) is 7.87. The maximum Gasteiger partial charge on any atom is 0.416 e. The molecule has 2 aromatic carbocycles. The number of benzene rings is 2. The number of Topliss-reactive ketones (excluding diaryl/α,β-unsaturated/α-hetero) is 1. The molecule has 0 amide bonds. The van der Waals surface area contributed by atoms with Crippen LogP contribution in [0.3, 0.4) is 0 Å². The molecule has 6 nitrogen and oxygen atoms in total. The number of carbonyl (C=O) groups excluding carboxylic acids is 2. The van der Waals surface area contributed by atoms with Crippen LogP contribution in [0.4, 0.5) is 18.9 Å². The minimum Gasteiger partial charge on any atom is -0.451 e. The van der Waals surface area contributed by atoms with Gasteiger partial charge in [-0.1, -0.05) is 6.07 Å². The van der Waals surface area contributed by atoms with Crippen molar-refractivity contribution in [1.82, 2.24) is 0 Å². The number of halogens is 3. The quantitative estimate of drug-likeness (QED) is 0.576. The van der Waals surface area contributed by atoms with Crippen LogP contribution in [0.15, 0.2) is 48.5 Å². The van der Waals surface area contributed by atoms with E-state index in [1.165, 1.54) is 31.2 Å². The molecule has 0 radical (unpaired) electrons. The Kier molecular flexibility index (Phi) is 6.13. The lowest BCUT2D eigenvalue weighted by Gasteiger charge is -2.14. The normalized spacial score (nSPS) is 12.9. The fraction of sp³-hybridized carbons (Fsp3) is 0.222. The summed E-state index contributed by atoms with van der Waals surface area (Å²) in [6.45, 7) is 1.29. The van der Waals surface area contributed by atoms with Gasteiger partial charge in [-0.05, 0) is 49.4 Å². The third-order valence-corrected chi connectivity index (χ3v) is 4.16. The van der Waals surface area contributed by atoms with Crippen LogP contribution in [-0.2, 0) is 20.9 Å². The molecular weight excluding hydrogens is 399 g/mol. The van der Waals surface area contributed by atoms with Crippen molar-refractivity contribution in [3.8, 4) is 0 Å². The van der Waals surface area contributed by atoms with E-state index in [1.807, 2.05) is 0 Å². The summed E-state index contributed by atoms with van der Waals surface area (Å²) < 4.78 is 67.7. The molecular formula is C18H16F3NO5S. The van der Waals surface area contributed by atoms with Gasteiger partial charge in [0.15, 0.2) is 6.10 Å². The number of nitrogens with one attached hydrogen (secondary N) is 1. The second kappa shape index (κ2) is 8.01. The van der Waals surface area contributed by atoms with Crippen molar-refractivity contribution in [3.63, 3.8) is 0 Å². The highest BCUT2D eigenvalue weighted by Crippen LogP contribution is 2.29. The predicted octanol–water partition coefficient (Wildman–Crippen LogP) is 3.51. The first kappa shape index (κ1) is 21.4. The molecule has 0 spiro atoms. The van der Waals surface area contributed by atoms with E-state index in [0.717, 1.165) is 24.5 Å².